The molecule has 3 amide bonds. The molecule has 0 aliphatic carbocycles. The first-order chi connectivity index (χ1) is 12.8. The van der Waals surface area contributed by atoms with Crippen molar-refractivity contribution in [3.05, 3.63) is 27.9 Å². The number of carbonyl (C=O) groups is 3. The summed E-state index contributed by atoms with van der Waals surface area (Å²) in [6.45, 7) is 9.55. The number of imide groups is 1. The van der Waals surface area contributed by atoms with Crippen LogP contribution in [0.4, 0.5) is 4.79 Å². The Morgan fingerprint density at radius 3 is 2.44 bits per heavy atom. The fourth-order valence-electron chi connectivity index (χ4n) is 3.90. The van der Waals surface area contributed by atoms with Crippen molar-refractivity contribution >= 4 is 34.9 Å². The second kappa shape index (κ2) is 7.92. The van der Waals surface area contributed by atoms with Gasteiger partial charge in [-0.25, -0.2) is 0 Å². The molecule has 1 aromatic heterocycles. The molecule has 3 heterocycles. The Bertz CT molecular complexity index is 804. The molecule has 0 atom stereocenters. The van der Waals surface area contributed by atoms with Gasteiger partial charge in [0.2, 0.25) is 5.91 Å². The Balaban J connectivity index is 1.77. The number of hydrogen-bond acceptors (Lipinski definition) is 4. The van der Waals surface area contributed by atoms with Crippen LogP contribution in [0.15, 0.2) is 11.0 Å². The Morgan fingerprint density at radius 2 is 1.85 bits per heavy atom. The van der Waals surface area contributed by atoms with Gasteiger partial charge in [0.05, 0.1) is 4.91 Å². The summed E-state index contributed by atoms with van der Waals surface area (Å²) in [6.07, 6.45) is 4.87. The van der Waals surface area contributed by atoms with Gasteiger partial charge >= 0.3 is 0 Å². The average Bonchev–Trinajstić information content (AvgIpc) is 3.05. The van der Waals surface area contributed by atoms with Crippen molar-refractivity contribution in [2.75, 3.05) is 19.6 Å². The van der Waals surface area contributed by atoms with E-state index in [1.165, 1.54) is 0 Å². The van der Waals surface area contributed by atoms with Crippen LogP contribution in [0, 0.1) is 13.8 Å². The van der Waals surface area contributed by atoms with Crippen molar-refractivity contribution in [2.24, 2.45) is 0 Å². The maximum Gasteiger partial charge on any atom is 0.294 e. The van der Waals surface area contributed by atoms with Crippen molar-refractivity contribution in [3.8, 4) is 0 Å². The van der Waals surface area contributed by atoms with Crippen molar-refractivity contribution < 1.29 is 14.4 Å². The van der Waals surface area contributed by atoms with Crippen LogP contribution in [0.2, 0.25) is 0 Å². The summed E-state index contributed by atoms with van der Waals surface area (Å²) in [7, 11) is 0. The largest absolute Gasteiger partial charge is 0.346 e. The van der Waals surface area contributed by atoms with Crippen LogP contribution in [-0.4, -0.2) is 51.1 Å². The first kappa shape index (κ1) is 19.7. The first-order valence-corrected chi connectivity index (χ1v) is 10.3. The van der Waals surface area contributed by atoms with Gasteiger partial charge in [-0.15, -0.1) is 0 Å². The number of carbonyl (C=O) groups excluding carboxylic acids is 3. The SMILES string of the molecule is Cc1cc(C=C2SC(=O)N(CC(=O)N3CCCCC3)C2=O)c(C)n1C(C)C. The molecule has 27 heavy (non-hydrogen) atoms. The van der Waals surface area contributed by atoms with Crippen LogP contribution in [-0.2, 0) is 9.59 Å². The molecule has 0 N–H and O–H groups in total. The van der Waals surface area contributed by atoms with E-state index in [1.807, 2.05) is 19.9 Å². The molecule has 2 saturated heterocycles. The topological polar surface area (TPSA) is 62.6 Å². The highest BCUT2D eigenvalue weighted by atomic mass is 32.2. The zero-order chi connectivity index (χ0) is 19.7. The Kier molecular flexibility index (Phi) is 5.79. The van der Waals surface area contributed by atoms with Crippen molar-refractivity contribution in [1.29, 1.82) is 0 Å². The van der Waals surface area contributed by atoms with Gasteiger partial charge < -0.3 is 9.47 Å². The lowest BCUT2D eigenvalue weighted by atomic mass is 10.1. The molecular weight excluding hydrogens is 362 g/mol. The summed E-state index contributed by atoms with van der Waals surface area (Å²) in [5, 5.41) is -0.366. The lowest BCUT2D eigenvalue weighted by Crippen LogP contribution is -2.44. The molecule has 1 aromatic rings. The molecule has 0 aromatic carbocycles. The normalized spacial score (nSPS) is 19.7. The third-order valence-corrected chi connectivity index (χ3v) is 6.11. The van der Waals surface area contributed by atoms with Crippen LogP contribution in [0.25, 0.3) is 6.08 Å². The van der Waals surface area contributed by atoms with Gasteiger partial charge in [0.25, 0.3) is 11.1 Å². The summed E-state index contributed by atoms with van der Waals surface area (Å²) in [6, 6.07) is 2.35. The molecule has 0 bridgehead atoms. The smallest absolute Gasteiger partial charge is 0.294 e. The minimum Gasteiger partial charge on any atom is -0.346 e. The van der Waals surface area contributed by atoms with Crippen LogP contribution in [0.1, 0.15) is 56.1 Å². The van der Waals surface area contributed by atoms with Gasteiger partial charge in [-0.1, -0.05) is 0 Å². The van der Waals surface area contributed by atoms with E-state index in [9.17, 15) is 14.4 Å². The van der Waals surface area contributed by atoms with Crippen molar-refractivity contribution in [1.82, 2.24) is 14.4 Å². The van der Waals surface area contributed by atoms with Crippen LogP contribution in [0.5, 0.6) is 0 Å². The number of hydrogen-bond donors (Lipinski definition) is 0. The van der Waals surface area contributed by atoms with E-state index in [4.69, 9.17) is 0 Å². The highest BCUT2D eigenvalue weighted by Gasteiger charge is 2.37. The van der Waals surface area contributed by atoms with Gasteiger partial charge in [-0.3, -0.25) is 19.3 Å². The van der Waals surface area contributed by atoms with Crippen LogP contribution >= 0.6 is 11.8 Å². The molecule has 2 aliphatic heterocycles. The van der Waals surface area contributed by atoms with Gasteiger partial charge in [0.1, 0.15) is 6.54 Å². The average molecular weight is 390 g/mol. The van der Waals surface area contributed by atoms with E-state index in [1.54, 1.807) is 11.0 Å². The van der Waals surface area contributed by atoms with Crippen LogP contribution in [0.3, 0.4) is 0 Å². The summed E-state index contributed by atoms with van der Waals surface area (Å²) < 4.78 is 2.20. The minimum absolute atomic E-state index is 0.142. The number of thioether (sulfide) groups is 1. The fraction of sp³-hybridized carbons (Fsp3) is 0.550. The zero-order valence-electron chi connectivity index (χ0n) is 16.4. The molecule has 7 heteroatoms. The predicted octanol–water partition coefficient (Wildman–Crippen LogP) is 3.73. The highest BCUT2D eigenvalue weighted by Crippen LogP contribution is 2.33. The number of aromatic nitrogens is 1. The quantitative estimate of drug-likeness (QED) is 0.736. The molecule has 2 fully saturated rings. The molecule has 3 rings (SSSR count). The maximum absolute atomic E-state index is 12.7. The molecule has 0 saturated carbocycles. The number of likely N-dealkylation sites (tertiary alicyclic amines) is 1. The molecule has 2 aliphatic rings. The third kappa shape index (κ3) is 3.98. The van der Waals surface area contributed by atoms with E-state index in [2.05, 4.69) is 18.4 Å². The minimum atomic E-state index is -0.371. The number of piperidine rings is 1. The van der Waals surface area contributed by atoms with E-state index in [0.29, 0.717) is 24.0 Å². The van der Waals surface area contributed by atoms with Crippen molar-refractivity contribution in [3.63, 3.8) is 0 Å². The first-order valence-electron chi connectivity index (χ1n) is 9.51. The second-order valence-electron chi connectivity index (χ2n) is 7.50. The lowest BCUT2D eigenvalue weighted by molar-refractivity contribution is -0.136. The van der Waals surface area contributed by atoms with E-state index < -0.39 is 0 Å². The molecule has 0 spiro atoms. The second-order valence-corrected chi connectivity index (χ2v) is 8.49. The number of rotatable bonds is 4. The predicted molar refractivity (Wildman–Crippen MR) is 107 cm³/mol. The van der Waals surface area contributed by atoms with E-state index in [-0.39, 0.29) is 23.6 Å². The summed E-state index contributed by atoms with van der Waals surface area (Å²) in [4.78, 5) is 40.7. The van der Waals surface area contributed by atoms with Gasteiger partial charge in [-0.05, 0) is 76.4 Å². The Hall–Kier alpha value is -2.02. The number of nitrogens with zero attached hydrogens (tertiary/aromatic N) is 3. The summed E-state index contributed by atoms with van der Waals surface area (Å²) in [5.74, 6) is -0.513. The molecular formula is C20H27N3O3S. The highest BCUT2D eigenvalue weighted by molar-refractivity contribution is 8.18. The molecule has 0 unspecified atom stereocenters. The van der Waals surface area contributed by atoms with Crippen molar-refractivity contribution in [2.45, 2.75) is 53.0 Å². The lowest BCUT2D eigenvalue weighted by Gasteiger charge is -2.27. The Morgan fingerprint density at radius 1 is 1.19 bits per heavy atom. The summed E-state index contributed by atoms with van der Waals surface area (Å²) >= 11 is 0.916. The molecule has 0 radical (unpaired) electrons. The van der Waals surface area contributed by atoms with Gasteiger partial charge in [-0.2, -0.15) is 0 Å². The van der Waals surface area contributed by atoms with Gasteiger partial charge in [0, 0.05) is 30.5 Å². The van der Waals surface area contributed by atoms with Crippen LogP contribution < -0.4 is 0 Å². The number of amides is 3. The fourth-order valence-corrected chi connectivity index (χ4v) is 4.73. The number of aryl methyl sites for hydroxylation is 1. The molecule has 146 valence electrons. The van der Waals surface area contributed by atoms with E-state index in [0.717, 1.165) is 52.9 Å². The maximum atomic E-state index is 12.7. The standard InChI is InChI=1S/C20H27N3O3S/c1-13(2)23-14(3)10-16(15(23)4)11-17-19(25)22(20(26)27-17)12-18(24)21-8-6-5-7-9-21/h10-11,13H,5-9,12H2,1-4H3. The Labute approximate surface area is 164 Å². The third-order valence-electron chi connectivity index (χ3n) is 5.20. The summed E-state index contributed by atoms with van der Waals surface area (Å²) in [5.41, 5.74) is 3.13. The monoisotopic (exact) mass is 389 g/mol. The van der Waals surface area contributed by atoms with E-state index >= 15 is 0 Å². The van der Waals surface area contributed by atoms with Gasteiger partial charge in [0.15, 0.2) is 0 Å². The molecule has 6 nitrogen and oxygen atoms in total. The zero-order valence-corrected chi connectivity index (χ0v) is 17.3.